The van der Waals surface area contributed by atoms with Crippen LogP contribution < -0.4 is 61.2 Å². The van der Waals surface area contributed by atoms with E-state index < -0.39 is 20.8 Å². The van der Waals surface area contributed by atoms with Gasteiger partial charge in [0, 0.05) is 0 Å². The Morgan fingerprint density at radius 3 is 2.37 bits per heavy atom. The first kappa shape index (κ1) is 24.6. The van der Waals surface area contributed by atoms with E-state index in [-0.39, 0.29) is 57.1 Å². The van der Waals surface area contributed by atoms with Gasteiger partial charge in [-0.1, -0.05) is 56.9 Å². The maximum Gasteiger partial charge on any atom is 1.00 e. The van der Waals surface area contributed by atoms with Crippen LogP contribution in [0.25, 0.3) is 0 Å². The average molecular weight is 417 g/mol. The molecule has 0 amide bonds. The quantitative estimate of drug-likeness (QED) is 0.362. The van der Waals surface area contributed by atoms with E-state index >= 15 is 0 Å². The second kappa shape index (κ2) is 12.2. The number of benzene rings is 2. The van der Waals surface area contributed by atoms with Crippen molar-refractivity contribution in [3.63, 3.8) is 0 Å². The summed E-state index contributed by atoms with van der Waals surface area (Å²) in [5.74, 6) is -0.0410. The molecule has 2 aromatic rings. The van der Waals surface area contributed by atoms with Gasteiger partial charge in [-0.25, -0.2) is 0 Å². The van der Waals surface area contributed by atoms with Gasteiger partial charge in [0.15, 0.2) is 0 Å². The molecule has 0 fully saturated rings. The molecule has 27 heavy (non-hydrogen) atoms. The number of aryl methyl sites for hydroxylation is 1. The van der Waals surface area contributed by atoms with Gasteiger partial charge in [0.1, 0.15) is 11.5 Å². The first-order chi connectivity index (χ1) is 12.4. The van der Waals surface area contributed by atoms with Gasteiger partial charge < -0.3 is 9.84 Å². The molecule has 0 heterocycles. The van der Waals surface area contributed by atoms with Gasteiger partial charge in [0.2, 0.25) is 0 Å². The Labute approximate surface area is 204 Å². The van der Waals surface area contributed by atoms with E-state index in [2.05, 4.69) is 6.92 Å². The molecule has 0 aliphatic carbocycles. The molecule has 0 aromatic heterocycles. The van der Waals surface area contributed by atoms with Gasteiger partial charge in [-0.3, -0.25) is 4.55 Å². The summed E-state index contributed by atoms with van der Waals surface area (Å²) >= 11 is 0. The standard InChI is InChI=1S/C20H26O5S.K/c1-2-3-4-5-6-7-9-16-10-8-11-17(14-16)25-20-13-12-18(15-19(20)21)26(22,23)24;/h8,10-15,21H,2-7,9H2,1H3,(H,22,23,24);/q;+1/p-1. The Hall–Kier alpha value is -0.414. The minimum absolute atomic E-state index is 0. The molecule has 0 spiro atoms. The van der Waals surface area contributed by atoms with Gasteiger partial charge in [-0.2, -0.15) is 8.42 Å². The minimum atomic E-state index is -4.40. The van der Waals surface area contributed by atoms with Gasteiger partial charge in [-0.15, -0.1) is 0 Å². The van der Waals surface area contributed by atoms with Crippen LogP contribution in [0.2, 0.25) is 0 Å². The van der Waals surface area contributed by atoms with Crippen molar-refractivity contribution >= 4 is 10.1 Å². The third kappa shape index (κ3) is 8.64. The second-order valence-electron chi connectivity index (χ2n) is 6.35. The van der Waals surface area contributed by atoms with Gasteiger partial charge in [0.05, 0.1) is 4.90 Å². The summed E-state index contributed by atoms with van der Waals surface area (Å²) in [6, 6.07) is 10.8. The smallest absolute Gasteiger partial charge is 0.870 e. The Kier molecular flexibility index (Phi) is 11.1. The van der Waals surface area contributed by atoms with Crippen molar-refractivity contribution in [2.45, 2.75) is 56.8 Å². The first-order valence-electron chi connectivity index (χ1n) is 8.95. The molecule has 0 radical (unpaired) electrons. The normalized spacial score (nSPS) is 11.0. The van der Waals surface area contributed by atoms with Crippen molar-refractivity contribution in [2.24, 2.45) is 0 Å². The van der Waals surface area contributed by atoms with Crippen molar-refractivity contribution in [1.82, 2.24) is 0 Å². The first-order valence-corrected chi connectivity index (χ1v) is 10.4. The molecule has 5 nitrogen and oxygen atoms in total. The molecule has 0 saturated carbocycles. The third-order valence-electron chi connectivity index (χ3n) is 4.16. The molecular formula is C20H25KO5S. The van der Waals surface area contributed by atoms with E-state index in [1.165, 1.54) is 38.2 Å². The number of hydrogen-bond donors (Lipinski definition) is 1. The fourth-order valence-electron chi connectivity index (χ4n) is 2.73. The van der Waals surface area contributed by atoms with Crippen LogP contribution in [0, 0.1) is 0 Å². The minimum Gasteiger partial charge on any atom is -0.870 e. The van der Waals surface area contributed by atoms with Crippen molar-refractivity contribution < 1.29 is 74.2 Å². The van der Waals surface area contributed by atoms with Crippen LogP contribution in [-0.2, 0) is 16.5 Å². The SMILES string of the molecule is CCCCCCCCc1cccc(Oc2ccc(S(=O)(=O)O)cc2[O-])c1.[K+]. The van der Waals surface area contributed by atoms with Crippen molar-refractivity contribution in [1.29, 1.82) is 0 Å². The third-order valence-corrected chi connectivity index (χ3v) is 5.01. The Morgan fingerprint density at radius 2 is 1.70 bits per heavy atom. The monoisotopic (exact) mass is 416 g/mol. The van der Waals surface area contributed by atoms with E-state index in [0.717, 1.165) is 30.5 Å². The molecule has 142 valence electrons. The van der Waals surface area contributed by atoms with Crippen LogP contribution in [0.1, 0.15) is 51.0 Å². The molecule has 1 N–H and O–H groups in total. The fraction of sp³-hybridized carbons (Fsp3) is 0.400. The van der Waals surface area contributed by atoms with Crippen LogP contribution in [-0.4, -0.2) is 13.0 Å². The second-order valence-corrected chi connectivity index (χ2v) is 7.77. The summed E-state index contributed by atoms with van der Waals surface area (Å²) in [7, 11) is -4.40. The van der Waals surface area contributed by atoms with E-state index in [1.54, 1.807) is 6.07 Å². The summed E-state index contributed by atoms with van der Waals surface area (Å²) in [5.41, 5.74) is 1.14. The van der Waals surface area contributed by atoms with E-state index in [0.29, 0.717) is 5.75 Å². The number of rotatable bonds is 10. The maximum atomic E-state index is 12.0. The summed E-state index contributed by atoms with van der Waals surface area (Å²) < 4.78 is 36.7. The number of hydrogen-bond acceptors (Lipinski definition) is 4. The number of unbranched alkanes of at least 4 members (excludes halogenated alkanes) is 5. The van der Waals surface area contributed by atoms with Crippen LogP contribution in [0.15, 0.2) is 47.4 Å². The van der Waals surface area contributed by atoms with Crippen LogP contribution in [0.3, 0.4) is 0 Å². The zero-order valence-corrected chi connectivity index (χ0v) is 19.9. The summed E-state index contributed by atoms with van der Waals surface area (Å²) in [5, 5.41) is 12.0. The molecule has 0 aliphatic heterocycles. The maximum absolute atomic E-state index is 12.0. The van der Waals surface area contributed by atoms with Crippen molar-refractivity contribution in [3.05, 3.63) is 48.0 Å². The molecule has 0 bridgehead atoms. The Balaban J connectivity index is 0.00000364. The van der Waals surface area contributed by atoms with Gasteiger partial charge in [-0.05, 0) is 48.7 Å². The van der Waals surface area contributed by atoms with Crippen LogP contribution >= 0.6 is 0 Å². The fourth-order valence-corrected chi connectivity index (χ4v) is 3.23. The Morgan fingerprint density at radius 1 is 1.00 bits per heavy atom. The summed E-state index contributed by atoms with van der Waals surface area (Å²) in [4.78, 5) is -0.438. The van der Waals surface area contributed by atoms with Crippen LogP contribution in [0.5, 0.6) is 17.2 Å². The van der Waals surface area contributed by atoms with E-state index in [9.17, 15) is 13.5 Å². The summed E-state index contributed by atoms with van der Waals surface area (Å²) in [6.07, 6.45) is 8.34. The molecule has 2 aromatic carbocycles. The largest absolute Gasteiger partial charge is 1.00 e. The topological polar surface area (TPSA) is 86.7 Å². The van der Waals surface area contributed by atoms with Crippen molar-refractivity contribution in [2.75, 3.05) is 0 Å². The van der Waals surface area contributed by atoms with E-state index in [4.69, 9.17) is 9.29 Å². The molecule has 0 atom stereocenters. The van der Waals surface area contributed by atoms with Crippen LogP contribution in [0.4, 0.5) is 0 Å². The molecule has 0 aliphatic rings. The zero-order valence-electron chi connectivity index (χ0n) is 16.0. The Bertz CT molecular complexity index is 821. The molecule has 0 saturated heterocycles. The molecular weight excluding hydrogens is 391 g/mol. The average Bonchev–Trinajstić information content (AvgIpc) is 2.59. The zero-order chi connectivity index (χ0) is 19.0. The predicted octanol–water partition coefficient (Wildman–Crippen LogP) is 1.71. The van der Waals surface area contributed by atoms with Gasteiger partial charge >= 0.3 is 51.4 Å². The molecule has 2 rings (SSSR count). The van der Waals surface area contributed by atoms with Crippen molar-refractivity contribution in [3.8, 4) is 17.2 Å². The molecule has 0 unspecified atom stereocenters. The van der Waals surface area contributed by atoms with Gasteiger partial charge in [0.25, 0.3) is 10.1 Å². The molecule has 7 heteroatoms. The summed E-state index contributed by atoms with van der Waals surface area (Å²) in [6.45, 7) is 2.20. The number of ether oxygens (including phenoxy) is 1. The van der Waals surface area contributed by atoms with E-state index in [1.807, 2.05) is 18.2 Å². The predicted molar refractivity (Wildman–Crippen MR) is 99.3 cm³/mol.